The average molecular weight is 483 g/mol. The molecule has 34 heavy (non-hydrogen) atoms. The molecule has 1 amide bonds. The Hall–Kier alpha value is -2.81. The molecular weight excluding hydrogens is 452 g/mol. The van der Waals surface area contributed by atoms with E-state index in [0.29, 0.717) is 28.9 Å². The lowest BCUT2D eigenvalue weighted by atomic mass is 10.0. The topological polar surface area (TPSA) is 103 Å². The van der Waals surface area contributed by atoms with Gasteiger partial charge in [0.25, 0.3) is 11.9 Å². The van der Waals surface area contributed by atoms with Gasteiger partial charge in [-0.15, -0.1) is 10.2 Å². The van der Waals surface area contributed by atoms with Crippen LogP contribution in [0.1, 0.15) is 104 Å². The highest BCUT2D eigenvalue weighted by Gasteiger charge is 2.27. The highest BCUT2D eigenvalue weighted by molar-refractivity contribution is 6.31. The summed E-state index contributed by atoms with van der Waals surface area (Å²) < 4.78 is 3.75. The molecule has 5 rings (SSSR count). The molecule has 1 saturated carbocycles. The first kappa shape index (κ1) is 23.0. The van der Waals surface area contributed by atoms with Gasteiger partial charge in [-0.1, -0.05) is 37.8 Å². The van der Waals surface area contributed by atoms with Gasteiger partial charge in [0.1, 0.15) is 6.33 Å². The summed E-state index contributed by atoms with van der Waals surface area (Å²) in [6.07, 6.45) is 15.2. The molecule has 0 radical (unpaired) electrons. The number of hydrogen-bond acceptors (Lipinski definition) is 6. The van der Waals surface area contributed by atoms with Crippen molar-refractivity contribution in [2.45, 2.75) is 89.6 Å². The summed E-state index contributed by atoms with van der Waals surface area (Å²) in [7, 11) is 0. The van der Waals surface area contributed by atoms with E-state index in [4.69, 9.17) is 16.6 Å². The first-order valence-electron chi connectivity index (χ1n) is 12.4. The van der Waals surface area contributed by atoms with Crippen LogP contribution in [-0.4, -0.2) is 40.4 Å². The Morgan fingerprint density at radius 3 is 2.82 bits per heavy atom. The summed E-state index contributed by atoms with van der Waals surface area (Å²) in [5.41, 5.74) is 2.28. The van der Waals surface area contributed by atoms with Crippen LogP contribution in [0.3, 0.4) is 0 Å². The van der Waals surface area contributed by atoms with Gasteiger partial charge in [0.15, 0.2) is 5.82 Å². The van der Waals surface area contributed by atoms with E-state index >= 15 is 0 Å². The zero-order chi connectivity index (χ0) is 23.5. The fraction of sp³-hybridized carbons (Fsp3) is 0.583. The van der Waals surface area contributed by atoms with Crippen molar-refractivity contribution in [3.63, 3.8) is 0 Å². The molecule has 1 atom stereocenters. The van der Waals surface area contributed by atoms with Crippen LogP contribution >= 0.6 is 11.6 Å². The van der Waals surface area contributed by atoms with E-state index in [1.165, 1.54) is 12.8 Å². The zero-order valence-corrected chi connectivity index (χ0v) is 20.3. The molecule has 9 nitrogen and oxygen atoms in total. The van der Waals surface area contributed by atoms with Crippen LogP contribution in [0.25, 0.3) is 5.95 Å². The Morgan fingerprint density at radius 1 is 1.18 bits per heavy atom. The zero-order valence-electron chi connectivity index (χ0n) is 19.6. The number of carbonyl (C=O) groups is 1. The van der Waals surface area contributed by atoms with Crippen molar-refractivity contribution in [1.82, 2.24) is 39.8 Å². The standard InChI is InChI=1S/C24H31ClN8O/c1-2-3-11-20-17(23(34)29-19-10-6-7-12-32-15-27-31-22(19)32)13-28-33(20)24-26-14-18(25)21(30-24)16-8-4-5-9-16/h13-16,19H,2-12H2,1H3,(H,29,34). The summed E-state index contributed by atoms with van der Waals surface area (Å²) >= 11 is 6.46. The maximum absolute atomic E-state index is 13.4. The fourth-order valence-electron chi connectivity index (χ4n) is 5.12. The second-order valence-electron chi connectivity index (χ2n) is 9.31. The molecular formula is C24H31ClN8O. The van der Waals surface area contributed by atoms with E-state index in [0.717, 1.165) is 68.7 Å². The minimum atomic E-state index is -0.166. The summed E-state index contributed by atoms with van der Waals surface area (Å²) in [4.78, 5) is 22.7. The Morgan fingerprint density at radius 2 is 2.00 bits per heavy atom. The molecule has 0 aromatic carbocycles. The minimum absolute atomic E-state index is 0.149. The van der Waals surface area contributed by atoms with Crippen LogP contribution in [0.15, 0.2) is 18.7 Å². The molecule has 180 valence electrons. The van der Waals surface area contributed by atoms with Crippen LogP contribution in [0.5, 0.6) is 0 Å². The van der Waals surface area contributed by atoms with Crippen molar-refractivity contribution in [3.05, 3.63) is 46.5 Å². The molecule has 1 aliphatic heterocycles. The SMILES string of the molecule is CCCCc1c(C(=O)NC2CCCCn3cnnc32)cnn1-c1ncc(Cl)c(C2CCCC2)n1. The van der Waals surface area contributed by atoms with Crippen molar-refractivity contribution >= 4 is 17.5 Å². The third-order valence-corrected chi connectivity index (χ3v) is 7.27. The molecule has 3 aromatic heterocycles. The summed E-state index contributed by atoms with van der Waals surface area (Å²) in [5.74, 6) is 1.50. The highest BCUT2D eigenvalue weighted by Crippen LogP contribution is 2.36. The second-order valence-corrected chi connectivity index (χ2v) is 9.72. The van der Waals surface area contributed by atoms with Gasteiger partial charge in [0, 0.05) is 12.5 Å². The lowest BCUT2D eigenvalue weighted by Crippen LogP contribution is -2.30. The number of carbonyl (C=O) groups excluding carboxylic acids is 1. The predicted molar refractivity (Wildman–Crippen MR) is 128 cm³/mol. The Kier molecular flexibility index (Phi) is 6.89. The number of aromatic nitrogens is 7. The molecule has 0 bridgehead atoms. The molecule has 1 unspecified atom stereocenters. The number of aryl methyl sites for hydroxylation is 1. The first-order valence-corrected chi connectivity index (χ1v) is 12.8. The predicted octanol–water partition coefficient (Wildman–Crippen LogP) is 4.56. The third kappa shape index (κ3) is 4.58. The van der Waals surface area contributed by atoms with Gasteiger partial charge in [-0.2, -0.15) is 5.10 Å². The van der Waals surface area contributed by atoms with Crippen molar-refractivity contribution in [2.24, 2.45) is 0 Å². The van der Waals surface area contributed by atoms with Crippen molar-refractivity contribution < 1.29 is 4.79 Å². The van der Waals surface area contributed by atoms with Gasteiger partial charge in [-0.3, -0.25) is 4.79 Å². The van der Waals surface area contributed by atoms with Crippen molar-refractivity contribution in [3.8, 4) is 5.95 Å². The molecule has 1 aliphatic carbocycles. The fourth-order valence-corrected chi connectivity index (χ4v) is 5.36. The number of amides is 1. The molecule has 0 spiro atoms. The lowest BCUT2D eigenvalue weighted by molar-refractivity contribution is 0.0931. The summed E-state index contributed by atoms with van der Waals surface area (Å²) in [6.45, 7) is 3.02. The summed E-state index contributed by atoms with van der Waals surface area (Å²) in [6, 6.07) is -0.166. The number of halogens is 1. The number of fused-ring (bicyclic) bond motifs is 1. The van der Waals surface area contributed by atoms with E-state index in [1.54, 1.807) is 23.4 Å². The second kappa shape index (κ2) is 10.2. The van der Waals surface area contributed by atoms with Gasteiger partial charge in [0.05, 0.1) is 40.4 Å². The summed E-state index contributed by atoms with van der Waals surface area (Å²) in [5, 5.41) is 16.7. The van der Waals surface area contributed by atoms with Gasteiger partial charge >= 0.3 is 0 Å². The van der Waals surface area contributed by atoms with Gasteiger partial charge in [-0.05, 0) is 44.9 Å². The highest BCUT2D eigenvalue weighted by atomic mass is 35.5. The maximum atomic E-state index is 13.4. The van der Waals surface area contributed by atoms with E-state index < -0.39 is 0 Å². The number of unbranched alkanes of at least 4 members (excludes halogenated alkanes) is 1. The average Bonchev–Trinajstić information content (AvgIpc) is 3.59. The van der Waals surface area contributed by atoms with Crippen molar-refractivity contribution in [1.29, 1.82) is 0 Å². The van der Waals surface area contributed by atoms with Crippen LogP contribution < -0.4 is 5.32 Å². The maximum Gasteiger partial charge on any atom is 0.255 e. The molecule has 1 fully saturated rings. The number of nitrogens with one attached hydrogen (secondary N) is 1. The third-order valence-electron chi connectivity index (χ3n) is 6.97. The molecule has 10 heteroatoms. The minimum Gasteiger partial charge on any atom is -0.342 e. The van der Waals surface area contributed by atoms with Crippen LogP contribution in [0.2, 0.25) is 5.02 Å². The van der Waals surface area contributed by atoms with Gasteiger partial charge in [-0.25, -0.2) is 14.6 Å². The van der Waals surface area contributed by atoms with Gasteiger partial charge < -0.3 is 9.88 Å². The Labute approximate surface area is 204 Å². The Balaban J connectivity index is 1.45. The van der Waals surface area contributed by atoms with E-state index in [1.807, 2.05) is 4.57 Å². The van der Waals surface area contributed by atoms with Crippen molar-refractivity contribution in [2.75, 3.05) is 0 Å². The van der Waals surface area contributed by atoms with Crippen LogP contribution in [0.4, 0.5) is 0 Å². The molecule has 3 aromatic rings. The van der Waals surface area contributed by atoms with Gasteiger partial charge in [0.2, 0.25) is 0 Å². The number of nitrogens with zero attached hydrogens (tertiary/aromatic N) is 7. The van der Waals surface area contributed by atoms with E-state index in [9.17, 15) is 4.79 Å². The van der Waals surface area contributed by atoms with E-state index in [-0.39, 0.29) is 11.9 Å². The van der Waals surface area contributed by atoms with E-state index in [2.05, 4.69) is 32.5 Å². The molecule has 2 aliphatic rings. The molecule has 0 saturated heterocycles. The smallest absolute Gasteiger partial charge is 0.255 e. The quantitative estimate of drug-likeness (QED) is 0.529. The number of rotatable bonds is 7. The number of hydrogen-bond donors (Lipinski definition) is 1. The van der Waals surface area contributed by atoms with Crippen LogP contribution in [0, 0.1) is 0 Å². The Bertz CT molecular complexity index is 1150. The monoisotopic (exact) mass is 482 g/mol. The largest absolute Gasteiger partial charge is 0.342 e. The first-order chi connectivity index (χ1) is 16.7. The molecule has 4 heterocycles. The molecule has 1 N–H and O–H groups in total. The normalized spacial score (nSPS) is 18.6. The lowest BCUT2D eigenvalue weighted by Gasteiger charge is -2.16. The van der Waals surface area contributed by atoms with Crippen LogP contribution in [-0.2, 0) is 13.0 Å².